The highest BCUT2D eigenvalue weighted by Crippen LogP contribution is 2.29. The number of nitrogens with one attached hydrogen (secondary N) is 1. The van der Waals surface area contributed by atoms with Gasteiger partial charge in [-0.2, -0.15) is 0 Å². The largest absolute Gasteiger partial charge is 0.493 e. The second-order valence-corrected chi connectivity index (χ2v) is 5.18. The van der Waals surface area contributed by atoms with Crippen molar-refractivity contribution in [1.82, 2.24) is 0 Å². The van der Waals surface area contributed by atoms with Crippen molar-refractivity contribution >= 4 is 17.4 Å². The maximum Gasteiger partial charge on any atom is 0.265 e. The van der Waals surface area contributed by atoms with Crippen molar-refractivity contribution in [2.45, 2.75) is 20.0 Å². The number of ketones is 1. The van der Waals surface area contributed by atoms with Crippen LogP contribution in [0.15, 0.2) is 42.5 Å². The van der Waals surface area contributed by atoms with Gasteiger partial charge in [-0.25, -0.2) is 4.39 Å². The monoisotopic (exact) mass is 331 g/mol. The zero-order valence-electron chi connectivity index (χ0n) is 13.6. The third-order valence-electron chi connectivity index (χ3n) is 3.35. The fraction of sp³-hybridized carbons (Fsp3) is 0.222. The van der Waals surface area contributed by atoms with Gasteiger partial charge in [0.2, 0.25) is 0 Å². The van der Waals surface area contributed by atoms with Gasteiger partial charge in [0, 0.05) is 11.3 Å². The summed E-state index contributed by atoms with van der Waals surface area (Å²) in [7, 11) is 1.45. The van der Waals surface area contributed by atoms with E-state index in [1.165, 1.54) is 38.3 Å². The summed E-state index contributed by atoms with van der Waals surface area (Å²) >= 11 is 0. The van der Waals surface area contributed by atoms with Gasteiger partial charge in [-0.15, -0.1) is 0 Å². The van der Waals surface area contributed by atoms with Crippen molar-refractivity contribution < 1.29 is 23.5 Å². The summed E-state index contributed by atoms with van der Waals surface area (Å²) in [6.45, 7) is 3.03. The second-order valence-electron chi connectivity index (χ2n) is 5.18. The molecule has 0 fully saturated rings. The van der Waals surface area contributed by atoms with E-state index in [1.54, 1.807) is 25.1 Å². The maximum atomic E-state index is 12.9. The molecule has 5 nitrogen and oxygen atoms in total. The number of rotatable bonds is 6. The van der Waals surface area contributed by atoms with Crippen LogP contribution in [0.5, 0.6) is 11.5 Å². The molecule has 0 aliphatic heterocycles. The highest BCUT2D eigenvalue weighted by atomic mass is 19.1. The molecule has 0 spiro atoms. The summed E-state index contributed by atoms with van der Waals surface area (Å²) in [6, 6.07) is 10.2. The zero-order valence-corrected chi connectivity index (χ0v) is 13.6. The summed E-state index contributed by atoms with van der Waals surface area (Å²) < 4.78 is 23.7. The molecule has 0 aliphatic rings. The topological polar surface area (TPSA) is 64.6 Å². The Balaban J connectivity index is 2.08. The number of ether oxygens (including phenoxy) is 2. The molecular formula is C18H18FNO4. The number of Topliss-reactive ketones (excluding diaryl/α,β-unsaturated/α-hetero) is 1. The Kier molecular flexibility index (Phi) is 5.52. The standard InChI is InChI=1S/C18H18FNO4/c1-11(21)13-4-9-16(17(10-13)23-3)24-12(2)18(22)20-15-7-5-14(19)6-8-15/h4-10,12H,1-3H3,(H,20,22)/t12-/m0/s1. The van der Waals surface area contributed by atoms with Crippen LogP contribution in [0, 0.1) is 5.82 Å². The SMILES string of the molecule is COc1cc(C(C)=O)ccc1O[C@@H](C)C(=O)Nc1ccc(F)cc1. The van der Waals surface area contributed by atoms with Gasteiger partial charge < -0.3 is 14.8 Å². The van der Waals surface area contributed by atoms with Crippen molar-refractivity contribution in [3.8, 4) is 11.5 Å². The molecule has 1 atom stereocenters. The first-order valence-electron chi connectivity index (χ1n) is 7.32. The number of carbonyl (C=O) groups is 2. The maximum absolute atomic E-state index is 12.9. The molecule has 0 radical (unpaired) electrons. The van der Waals surface area contributed by atoms with E-state index in [2.05, 4.69) is 5.32 Å². The molecular weight excluding hydrogens is 313 g/mol. The Hall–Kier alpha value is -2.89. The summed E-state index contributed by atoms with van der Waals surface area (Å²) in [5, 5.41) is 2.63. The first-order valence-corrected chi connectivity index (χ1v) is 7.32. The molecule has 1 amide bonds. The van der Waals surface area contributed by atoms with Gasteiger partial charge >= 0.3 is 0 Å². The molecule has 0 bridgehead atoms. The molecule has 2 rings (SSSR count). The van der Waals surface area contributed by atoms with Gasteiger partial charge in [-0.1, -0.05) is 0 Å². The normalized spacial score (nSPS) is 11.5. The van der Waals surface area contributed by atoms with E-state index >= 15 is 0 Å². The van der Waals surface area contributed by atoms with Crippen LogP contribution >= 0.6 is 0 Å². The highest BCUT2D eigenvalue weighted by Gasteiger charge is 2.18. The van der Waals surface area contributed by atoms with Crippen LogP contribution in [-0.4, -0.2) is 24.9 Å². The minimum atomic E-state index is -0.813. The predicted octanol–water partition coefficient (Wildman–Crippen LogP) is 3.44. The third-order valence-corrected chi connectivity index (χ3v) is 3.35. The number of amides is 1. The Morgan fingerprint density at radius 3 is 2.33 bits per heavy atom. The lowest BCUT2D eigenvalue weighted by molar-refractivity contribution is -0.122. The summed E-state index contributed by atoms with van der Waals surface area (Å²) in [4.78, 5) is 23.5. The number of methoxy groups -OCH3 is 1. The molecule has 6 heteroatoms. The van der Waals surface area contributed by atoms with Crippen LogP contribution in [0.3, 0.4) is 0 Å². The molecule has 0 heterocycles. The summed E-state index contributed by atoms with van der Waals surface area (Å²) in [5.41, 5.74) is 0.957. The Morgan fingerprint density at radius 2 is 1.75 bits per heavy atom. The molecule has 0 saturated carbocycles. The van der Waals surface area contributed by atoms with E-state index in [-0.39, 0.29) is 17.5 Å². The van der Waals surface area contributed by atoms with Crippen molar-refractivity contribution in [2.24, 2.45) is 0 Å². The minimum absolute atomic E-state index is 0.0954. The molecule has 0 aliphatic carbocycles. The minimum Gasteiger partial charge on any atom is -0.493 e. The Labute approximate surface area is 139 Å². The van der Waals surface area contributed by atoms with Crippen molar-refractivity contribution in [1.29, 1.82) is 0 Å². The number of halogens is 1. The average molecular weight is 331 g/mol. The van der Waals surface area contributed by atoms with Crippen LogP contribution in [0.1, 0.15) is 24.2 Å². The van der Waals surface area contributed by atoms with Crippen molar-refractivity contribution in [2.75, 3.05) is 12.4 Å². The number of hydrogen-bond donors (Lipinski definition) is 1. The van der Waals surface area contributed by atoms with E-state index in [0.717, 1.165) is 0 Å². The number of anilines is 1. The second kappa shape index (κ2) is 7.59. The fourth-order valence-electron chi connectivity index (χ4n) is 2.01. The number of carbonyl (C=O) groups excluding carboxylic acids is 2. The number of benzene rings is 2. The van der Waals surface area contributed by atoms with Crippen LogP contribution < -0.4 is 14.8 Å². The molecule has 1 N–H and O–H groups in total. The highest BCUT2D eigenvalue weighted by molar-refractivity contribution is 5.95. The molecule has 0 saturated heterocycles. The average Bonchev–Trinajstić information content (AvgIpc) is 2.56. The van der Waals surface area contributed by atoms with Gasteiger partial charge in [-0.3, -0.25) is 9.59 Å². The summed E-state index contributed by atoms with van der Waals surface area (Å²) in [6.07, 6.45) is -0.813. The molecule has 24 heavy (non-hydrogen) atoms. The lowest BCUT2D eigenvalue weighted by Gasteiger charge is -2.17. The molecule has 2 aromatic carbocycles. The molecule has 126 valence electrons. The van der Waals surface area contributed by atoms with Gasteiger partial charge in [0.05, 0.1) is 7.11 Å². The van der Waals surface area contributed by atoms with Gasteiger partial charge in [0.25, 0.3) is 5.91 Å². The third kappa shape index (κ3) is 4.32. The Morgan fingerprint density at radius 1 is 1.08 bits per heavy atom. The quantitative estimate of drug-likeness (QED) is 0.824. The lowest BCUT2D eigenvalue weighted by atomic mass is 10.1. The van der Waals surface area contributed by atoms with Crippen LogP contribution in [0.25, 0.3) is 0 Å². The van der Waals surface area contributed by atoms with E-state index in [0.29, 0.717) is 22.7 Å². The molecule has 0 aromatic heterocycles. The van der Waals surface area contributed by atoms with E-state index in [4.69, 9.17) is 9.47 Å². The zero-order chi connectivity index (χ0) is 17.7. The van der Waals surface area contributed by atoms with Gasteiger partial charge in [0.15, 0.2) is 23.4 Å². The predicted molar refractivity (Wildman–Crippen MR) is 88.1 cm³/mol. The fourth-order valence-corrected chi connectivity index (χ4v) is 2.01. The van der Waals surface area contributed by atoms with Crippen molar-refractivity contribution in [3.63, 3.8) is 0 Å². The van der Waals surface area contributed by atoms with E-state index in [1.807, 2.05) is 0 Å². The van der Waals surface area contributed by atoms with Crippen LogP contribution in [0.4, 0.5) is 10.1 Å². The molecule has 0 unspecified atom stereocenters. The van der Waals surface area contributed by atoms with Crippen molar-refractivity contribution in [3.05, 3.63) is 53.8 Å². The Bertz CT molecular complexity index is 743. The first kappa shape index (κ1) is 17.5. The van der Waals surface area contributed by atoms with Crippen LogP contribution in [-0.2, 0) is 4.79 Å². The van der Waals surface area contributed by atoms with Gasteiger partial charge in [0.1, 0.15) is 5.82 Å². The number of hydrogen-bond acceptors (Lipinski definition) is 4. The summed E-state index contributed by atoms with van der Waals surface area (Å²) in [5.74, 6) is -0.151. The van der Waals surface area contributed by atoms with Gasteiger partial charge in [-0.05, 0) is 56.3 Å². The first-order chi connectivity index (χ1) is 11.4. The molecule has 2 aromatic rings. The van der Waals surface area contributed by atoms with E-state index in [9.17, 15) is 14.0 Å². The van der Waals surface area contributed by atoms with E-state index < -0.39 is 6.10 Å². The van der Waals surface area contributed by atoms with Crippen LogP contribution in [0.2, 0.25) is 0 Å². The smallest absolute Gasteiger partial charge is 0.265 e. The lowest BCUT2D eigenvalue weighted by Crippen LogP contribution is -2.30.